The van der Waals surface area contributed by atoms with Crippen LogP contribution < -0.4 is 4.72 Å². The number of nitrogens with zero attached hydrogens (tertiary/aromatic N) is 1. The van der Waals surface area contributed by atoms with E-state index in [1.54, 1.807) is 12.1 Å². The lowest BCUT2D eigenvalue weighted by Gasteiger charge is -2.10. The first-order valence-corrected chi connectivity index (χ1v) is 8.51. The van der Waals surface area contributed by atoms with Gasteiger partial charge in [0.2, 0.25) is 10.0 Å². The van der Waals surface area contributed by atoms with Gasteiger partial charge in [0.1, 0.15) is 11.4 Å². The molecule has 0 atom stereocenters. The third-order valence-corrected chi connectivity index (χ3v) is 4.62. The molecule has 0 amide bonds. The van der Waals surface area contributed by atoms with Crippen LogP contribution >= 0.6 is 0 Å². The Morgan fingerprint density at radius 3 is 2.73 bits per heavy atom. The van der Waals surface area contributed by atoms with Gasteiger partial charge in [-0.2, -0.15) is 0 Å². The van der Waals surface area contributed by atoms with Crippen molar-refractivity contribution in [3.63, 3.8) is 0 Å². The molecule has 0 radical (unpaired) electrons. The van der Waals surface area contributed by atoms with Gasteiger partial charge in [-0.15, -0.1) is 0 Å². The summed E-state index contributed by atoms with van der Waals surface area (Å²) in [5.74, 6) is -0.225. The minimum atomic E-state index is -3.56. The highest BCUT2D eigenvalue weighted by atomic mass is 32.2. The second kappa shape index (κ2) is 5.46. The zero-order valence-corrected chi connectivity index (χ0v) is 13.1. The third-order valence-electron chi connectivity index (χ3n) is 3.44. The molecule has 1 aromatic heterocycles. The molecule has 0 aliphatic heterocycles. The van der Waals surface area contributed by atoms with Crippen LogP contribution in [-0.4, -0.2) is 13.6 Å². The predicted octanol–water partition coefficient (Wildman–Crippen LogP) is 3.39. The SMILES string of the molecule is Cc1ccc(C)c(NS(=O)(=O)Cc2noc3ccccc23)c1. The molecule has 0 unspecified atom stereocenters. The van der Waals surface area contributed by atoms with Gasteiger partial charge < -0.3 is 4.52 Å². The quantitative estimate of drug-likeness (QED) is 0.801. The van der Waals surface area contributed by atoms with Crippen LogP contribution in [0.3, 0.4) is 0 Å². The molecule has 0 bridgehead atoms. The maximum atomic E-state index is 12.4. The molecule has 0 spiro atoms. The van der Waals surface area contributed by atoms with Gasteiger partial charge in [0.25, 0.3) is 0 Å². The van der Waals surface area contributed by atoms with Crippen molar-refractivity contribution in [2.75, 3.05) is 4.72 Å². The smallest absolute Gasteiger partial charge is 0.238 e. The first kappa shape index (κ1) is 14.6. The van der Waals surface area contributed by atoms with Crippen LogP contribution in [0.1, 0.15) is 16.8 Å². The molecule has 22 heavy (non-hydrogen) atoms. The summed E-state index contributed by atoms with van der Waals surface area (Å²) < 4.78 is 32.5. The normalized spacial score (nSPS) is 11.7. The molecule has 6 heteroatoms. The lowest BCUT2D eigenvalue weighted by molar-refractivity contribution is 0.448. The Labute approximate surface area is 129 Å². The average molecular weight is 316 g/mol. The van der Waals surface area contributed by atoms with E-state index in [4.69, 9.17) is 4.52 Å². The van der Waals surface area contributed by atoms with Crippen LogP contribution in [-0.2, 0) is 15.8 Å². The summed E-state index contributed by atoms with van der Waals surface area (Å²) in [4.78, 5) is 0. The number of hydrogen-bond acceptors (Lipinski definition) is 4. The van der Waals surface area contributed by atoms with Gasteiger partial charge in [-0.3, -0.25) is 4.72 Å². The first-order chi connectivity index (χ1) is 10.4. The molecule has 0 saturated heterocycles. The Bertz CT molecular complexity index is 929. The van der Waals surface area contributed by atoms with E-state index in [1.807, 2.05) is 44.2 Å². The Balaban J connectivity index is 1.89. The third kappa shape index (κ3) is 2.96. The van der Waals surface area contributed by atoms with Crippen LogP contribution in [0.4, 0.5) is 5.69 Å². The van der Waals surface area contributed by atoms with Crippen molar-refractivity contribution >= 4 is 26.7 Å². The molecule has 0 fully saturated rings. The summed E-state index contributed by atoms with van der Waals surface area (Å²) in [5, 5.41) is 4.58. The topological polar surface area (TPSA) is 72.2 Å². The lowest BCUT2D eigenvalue weighted by Crippen LogP contribution is -2.16. The molecule has 0 aliphatic carbocycles. The zero-order chi connectivity index (χ0) is 15.7. The highest BCUT2D eigenvalue weighted by Crippen LogP contribution is 2.22. The fourth-order valence-corrected chi connectivity index (χ4v) is 3.47. The van der Waals surface area contributed by atoms with Gasteiger partial charge in [0, 0.05) is 5.39 Å². The van der Waals surface area contributed by atoms with Gasteiger partial charge >= 0.3 is 0 Å². The van der Waals surface area contributed by atoms with Crippen molar-refractivity contribution in [3.05, 3.63) is 59.3 Å². The monoisotopic (exact) mass is 316 g/mol. The van der Waals surface area contributed by atoms with Crippen LogP contribution in [0.5, 0.6) is 0 Å². The fourth-order valence-electron chi connectivity index (χ4n) is 2.27. The number of sulfonamides is 1. The Kier molecular flexibility index (Phi) is 3.62. The van der Waals surface area contributed by atoms with Crippen LogP contribution in [0, 0.1) is 13.8 Å². The number of hydrogen-bond donors (Lipinski definition) is 1. The Hall–Kier alpha value is -2.34. The number of para-hydroxylation sites is 1. The van der Waals surface area contributed by atoms with Gasteiger partial charge in [-0.25, -0.2) is 8.42 Å². The molecule has 3 rings (SSSR count). The Morgan fingerprint density at radius 1 is 1.14 bits per heavy atom. The van der Waals surface area contributed by atoms with Gasteiger partial charge in [0.15, 0.2) is 5.58 Å². The molecule has 5 nitrogen and oxygen atoms in total. The van der Waals surface area contributed by atoms with Crippen LogP contribution in [0.2, 0.25) is 0 Å². The second-order valence-electron chi connectivity index (χ2n) is 5.30. The summed E-state index contributed by atoms with van der Waals surface area (Å²) >= 11 is 0. The largest absolute Gasteiger partial charge is 0.356 e. The molecule has 3 aromatic rings. The van der Waals surface area contributed by atoms with E-state index in [1.165, 1.54) is 0 Å². The Morgan fingerprint density at radius 2 is 1.91 bits per heavy atom. The minimum absolute atomic E-state index is 0.225. The van der Waals surface area contributed by atoms with E-state index in [0.29, 0.717) is 22.4 Å². The molecule has 1 N–H and O–H groups in total. The van der Waals surface area contributed by atoms with E-state index in [2.05, 4.69) is 9.88 Å². The fraction of sp³-hybridized carbons (Fsp3) is 0.188. The summed E-state index contributed by atoms with van der Waals surface area (Å²) in [6, 6.07) is 12.9. The molecule has 0 aliphatic rings. The number of anilines is 1. The molecule has 0 saturated carbocycles. The minimum Gasteiger partial charge on any atom is -0.356 e. The van der Waals surface area contributed by atoms with E-state index < -0.39 is 10.0 Å². The van der Waals surface area contributed by atoms with E-state index >= 15 is 0 Å². The standard InChI is InChI=1S/C16H16N2O3S/c1-11-7-8-12(2)14(9-11)18-22(19,20)10-15-13-5-3-4-6-16(13)21-17-15/h3-9,18H,10H2,1-2H3. The van der Waals surface area contributed by atoms with Crippen LogP contribution in [0.25, 0.3) is 11.0 Å². The summed E-state index contributed by atoms with van der Waals surface area (Å²) in [7, 11) is -3.56. The first-order valence-electron chi connectivity index (χ1n) is 6.86. The molecular formula is C16H16N2O3S. The summed E-state index contributed by atoms with van der Waals surface area (Å²) in [5.41, 5.74) is 3.45. The van der Waals surface area contributed by atoms with Crippen molar-refractivity contribution in [1.29, 1.82) is 0 Å². The lowest BCUT2D eigenvalue weighted by atomic mass is 10.1. The number of nitrogens with one attached hydrogen (secondary N) is 1. The van der Waals surface area contributed by atoms with Crippen molar-refractivity contribution in [3.8, 4) is 0 Å². The number of aryl methyl sites for hydroxylation is 2. The molecular weight excluding hydrogens is 300 g/mol. The zero-order valence-electron chi connectivity index (χ0n) is 12.3. The van der Waals surface area contributed by atoms with Crippen molar-refractivity contribution in [2.45, 2.75) is 19.6 Å². The number of fused-ring (bicyclic) bond motifs is 1. The van der Waals surface area contributed by atoms with E-state index in [0.717, 1.165) is 11.1 Å². The predicted molar refractivity (Wildman–Crippen MR) is 86.2 cm³/mol. The van der Waals surface area contributed by atoms with Crippen molar-refractivity contribution in [1.82, 2.24) is 5.16 Å². The average Bonchev–Trinajstić information content (AvgIpc) is 2.85. The van der Waals surface area contributed by atoms with E-state index in [-0.39, 0.29) is 5.75 Å². The van der Waals surface area contributed by atoms with Gasteiger partial charge in [-0.1, -0.05) is 29.4 Å². The molecule has 114 valence electrons. The van der Waals surface area contributed by atoms with Crippen LogP contribution in [0.15, 0.2) is 47.0 Å². The summed E-state index contributed by atoms with van der Waals surface area (Å²) in [6.45, 7) is 3.78. The van der Waals surface area contributed by atoms with E-state index in [9.17, 15) is 8.42 Å². The summed E-state index contributed by atoms with van der Waals surface area (Å²) in [6.07, 6.45) is 0. The molecule has 1 heterocycles. The highest BCUT2D eigenvalue weighted by Gasteiger charge is 2.18. The maximum absolute atomic E-state index is 12.4. The second-order valence-corrected chi connectivity index (χ2v) is 7.03. The number of benzene rings is 2. The highest BCUT2D eigenvalue weighted by molar-refractivity contribution is 7.91. The number of rotatable bonds is 4. The van der Waals surface area contributed by atoms with Gasteiger partial charge in [0.05, 0.1) is 5.69 Å². The molecule has 2 aromatic carbocycles. The van der Waals surface area contributed by atoms with Gasteiger partial charge in [-0.05, 0) is 43.2 Å². The maximum Gasteiger partial charge on any atom is 0.238 e. The van der Waals surface area contributed by atoms with Crippen molar-refractivity contribution < 1.29 is 12.9 Å². The van der Waals surface area contributed by atoms with Crippen molar-refractivity contribution in [2.24, 2.45) is 0 Å². The number of aromatic nitrogens is 1.